The number of rotatable bonds is 3. The van der Waals surface area contributed by atoms with Gasteiger partial charge >= 0.3 is 0 Å². The standard InChI is InChI=1S/C13H23N3O2/c1-3-13(6-7-15-9-13)12(18)16-8-4-5-10(16)11(17)14-2/h10,15H,3-9H2,1-2H3,(H,14,17). The molecule has 0 aromatic carbocycles. The van der Waals surface area contributed by atoms with Gasteiger partial charge in [0.2, 0.25) is 11.8 Å². The van der Waals surface area contributed by atoms with Crippen LogP contribution >= 0.6 is 0 Å². The maximum atomic E-state index is 12.7. The minimum absolute atomic E-state index is 0.0296. The van der Waals surface area contributed by atoms with Crippen LogP contribution in [0.2, 0.25) is 0 Å². The lowest BCUT2D eigenvalue weighted by Gasteiger charge is -2.33. The Morgan fingerprint density at radius 3 is 2.83 bits per heavy atom. The van der Waals surface area contributed by atoms with Crippen LogP contribution in [0.1, 0.15) is 32.6 Å². The van der Waals surface area contributed by atoms with Gasteiger partial charge in [-0.05, 0) is 32.2 Å². The van der Waals surface area contributed by atoms with E-state index in [2.05, 4.69) is 17.6 Å². The van der Waals surface area contributed by atoms with Gasteiger partial charge in [0, 0.05) is 20.1 Å². The number of likely N-dealkylation sites (tertiary alicyclic amines) is 1. The van der Waals surface area contributed by atoms with Gasteiger partial charge < -0.3 is 15.5 Å². The van der Waals surface area contributed by atoms with E-state index >= 15 is 0 Å². The molecule has 0 aliphatic carbocycles. The third kappa shape index (κ3) is 2.11. The third-order valence-corrected chi connectivity index (χ3v) is 4.44. The summed E-state index contributed by atoms with van der Waals surface area (Å²) in [6, 6.07) is -0.258. The summed E-state index contributed by atoms with van der Waals surface area (Å²) >= 11 is 0. The van der Waals surface area contributed by atoms with Crippen molar-refractivity contribution in [1.29, 1.82) is 0 Å². The molecule has 18 heavy (non-hydrogen) atoms. The summed E-state index contributed by atoms with van der Waals surface area (Å²) in [5.41, 5.74) is -0.281. The number of carbonyl (C=O) groups is 2. The molecule has 2 aliphatic rings. The molecule has 2 heterocycles. The first-order valence-electron chi connectivity index (χ1n) is 6.88. The first-order chi connectivity index (χ1) is 8.64. The van der Waals surface area contributed by atoms with Crippen molar-refractivity contribution in [3.05, 3.63) is 0 Å². The summed E-state index contributed by atoms with van der Waals surface area (Å²) < 4.78 is 0. The van der Waals surface area contributed by atoms with Gasteiger partial charge in [-0.2, -0.15) is 0 Å². The molecule has 0 aromatic heterocycles. The van der Waals surface area contributed by atoms with Crippen molar-refractivity contribution in [2.24, 2.45) is 5.41 Å². The highest BCUT2D eigenvalue weighted by Crippen LogP contribution is 2.34. The highest BCUT2D eigenvalue weighted by molar-refractivity contribution is 5.90. The molecule has 0 spiro atoms. The molecule has 2 fully saturated rings. The second-order valence-corrected chi connectivity index (χ2v) is 5.33. The molecule has 0 radical (unpaired) electrons. The lowest BCUT2D eigenvalue weighted by Crippen LogP contribution is -2.51. The van der Waals surface area contributed by atoms with Crippen LogP contribution in [0.5, 0.6) is 0 Å². The summed E-state index contributed by atoms with van der Waals surface area (Å²) in [7, 11) is 1.63. The van der Waals surface area contributed by atoms with Gasteiger partial charge in [-0.3, -0.25) is 9.59 Å². The number of nitrogens with zero attached hydrogens (tertiary/aromatic N) is 1. The van der Waals surface area contributed by atoms with Crippen molar-refractivity contribution in [2.45, 2.75) is 38.6 Å². The fourth-order valence-electron chi connectivity index (χ4n) is 3.13. The molecule has 102 valence electrons. The number of amides is 2. The van der Waals surface area contributed by atoms with E-state index < -0.39 is 0 Å². The van der Waals surface area contributed by atoms with E-state index in [0.29, 0.717) is 0 Å². The topological polar surface area (TPSA) is 61.4 Å². The van der Waals surface area contributed by atoms with Gasteiger partial charge in [-0.15, -0.1) is 0 Å². The molecular weight excluding hydrogens is 230 g/mol. The Labute approximate surface area is 108 Å². The fraction of sp³-hybridized carbons (Fsp3) is 0.846. The number of hydrogen-bond acceptors (Lipinski definition) is 3. The Kier molecular flexibility index (Phi) is 3.90. The van der Waals surface area contributed by atoms with Crippen LogP contribution in [0.4, 0.5) is 0 Å². The van der Waals surface area contributed by atoms with Gasteiger partial charge in [0.05, 0.1) is 5.41 Å². The summed E-state index contributed by atoms with van der Waals surface area (Å²) in [5.74, 6) is 0.138. The van der Waals surface area contributed by atoms with E-state index in [0.717, 1.165) is 45.3 Å². The van der Waals surface area contributed by atoms with Crippen LogP contribution in [0.25, 0.3) is 0 Å². The summed E-state index contributed by atoms with van der Waals surface area (Å²) in [6.45, 7) is 4.44. The van der Waals surface area contributed by atoms with Gasteiger partial charge in [0.15, 0.2) is 0 Å². The van der Waals surface area contributed by atoms with Gasteiger partial charge in [0.25, 0.3) is 0 Å². The molecule has 2 atom stereocenters. The van der Waals surface area contributed by atoms with Crippen LogP contribution < -0.4 is 10.6 Å². The van der Waals surface area contributed by atoms with Crippen molar-refractivity contribution in [1.82, 2.24) is 15.5 Å². The smallest absolute Gasteiger partial charge is 0.242 e. The van der Waals surface area contributed by atoms with Crippen LogP contribution in [0, 0.1) is 5.41 Å². The minimum Gasteiger partial charge on any atom is -0.357 e. The minimum atomic E-state index is -0.281. The molecule has 2 N–H and O–H groups in total. The highest BCUT2D eigenvalue weighted by atomic mass is 16.2. The van der Waals surface area contributed by atoms with Crippen molar-refractivity contribution in [2.75, 3.05) is 26.7 Å². The van der Waals surface area contributed by atoms with Crippen molar-refractivity contribution in [3.8, 4) is 0 Å². The van der Waals surface area contributed by atoms with Crippen LogP contribution in [-0.2, 0) is 9.59 Å². The Morgan fingerprint density at radius 2 is 2.28 bits per heavy atom. The molecule has 5 nitrogen and oxygen atoms in total. The molecule has 0 saturated carbocycles. The largest absolute Gasteiger partial charge is 0.357 e. The first-order valence-corrected chi connectivity index (χ1v) is 6.88. The average Bonchev–Trinajstić information content (AvgIpc) is 3.06. The van der Waals surface area contributed by atoms with Crippen molar-refractivity contribution >= 4 is 11.8 Å². The Balaban J connectivity index is 2.14. The molecule has 2 saturated heterocycles. The average molecular weight is 253 g/mol. The van der Waals surface area contributed by atoms with Crippen molar-refractivity contribution in [3.63, 3.8) is 0 Å². The van der Waals surface area contributed by atoms with Gasteiger partial charge in [0.1, 0.15) is 6.04 Å². The molecule has 2 rings (SSSR count). The molecular formula is C13H23N3O2. The number of likely N-dealkylation sites (N-methyl/N-ethyl adjacent to an activating group) is 1. The van der Waals surface area contributed by atoms with E-state index in [1.54, 1.807) is 11.9 Å². The lowest BCUT2D eigenvalue weighted by molar-refractivity contribution is -0.146. The van der Waals surface area contributed by atoms with E-state index in [1.165, 1.54) is 0 Å². The molecule has 0 aromatic rings. The third-order valence-electron chi connectivity index (χ3n) is 4.44. The Hall–Kier alpha value is -1.10. The number of nitrogens with one attached hydrogen (secondary N) is 2. The quantitative estimate of drug-likeness (QED) is 0.750. The molecule has 2 aliphatic heterocycles. The highest BCUT2D eigenvalue weighted by Gasteiger charge is 2.46. The zero-order valence-electron chi connectivity index (χ0n) is 11.3. The Bertz CT molecular complexity index is 337. The van der Waals surface area contributed by atoms with E-state index in [-0.39, 0.29) is 23.3 Å². The predicted molar refractivity (Wildman–Crippen MR) is 69.0 cm³/mol. The predicted octanol–water partition coefficient (Wildman–Crippen LogP) is 0.113. The maximum absolute atomic E-state index is 12.7. The molecule has 2 amide bonds. The lowest BCUT2D eigenvalue weighted by atomic mass is 9.82. The number of carbonyl (C=O) groups excluding carboxylic acids is 2. The molecule has 2 unspecified atom stereocenters. The van der Waals surface area contributed by atoms with Gasteiger partial charge in [-0.1, -0.05) is 6.92 Å². The van der Waals surface area contributed by atoms with E-state index in [9.17, 15) is 9.59 Å². The second-order valence-electron chi connectivity index (χ2n) is 5.33. The maximum Gasteiger partial charge on any atom is 0.242 e. The summed E-state index contributed by atoms with van der Waals surface area (Å²) in [6.07, 6.45) is 3.45. The molecule has 0 bridgehead atoms. The van der Waals surface area contributed by atoms with E-state index in [1.807, 2.05) is 0 Å². The first kappa shape index (κ1) is 13.3. The van der Waals surface area contributed by atoms with Crippen LogP contribution in [0.15, 0.2) is 0 Å². The van der Waals surface area contributed by atoms with Crippen LogP contribution in [0.3, 0.4) is 0 Å². The van der Waals surface area contributed by atoms with Crippen LogP contribution in [-0.4, -0.2) is 49.4 Å². The second kappa shape index (κ2) is 5.26. The van der Waals surface area contributed by atoms with Gasteiger partial charge in [-0.25, -0.2) is 0 Å². The van der Waals surface area contributed by atoms with Crippen molar-refractivity contribution < 1.29 is 9.59 Å². The fourth-order valence-corrected chi connectivity index (χ4v) is 3.13. The zero-order chi connectivity index (χ0) is 13.2. The monoisotopic (exact) mass is 253 g/mol. The SMILES string of the molecule is CCC1(C(=O)N2CCCC2C(=O)NC)CCNC1. The number of hydrogen-bond donors (Lipinski definition) is 2. The van der Waals surface area contributed by atoms with E-state index in [4.69, 9.17) is 0 Å². The molecule has 5 heteroatoms. The zero-order valence-corrected chi connectivity index (χ0v) is 11.3. The Morgan fingerprint density at radius 1 is 1.50 bits per heavy atom. The summed E-state index contributed by atoms with van der Waals surface area (Å²) in [5, 5.41) is 5.94. The summed E-state index contributed by atoms with van der Waals surface area (Å²) in [4.78, 5) is 26.4. The normalized spacial score (nSPS) is 31.7.